The molecule has 0 unspecified atom stereocenters. The molecule has 1 rings (SSSR count). The minimum Gasteiger partial charge on any atom is -0.326 e. The molecule has 0 aliphatic heterocycles. The van der Waals surface area contributed by atoms with Crippen LogP contribution in [0.1, 0.15) is 20.3 Å². The maximum absolute atomic E-state index is 13.0. The van der Waals surface area contributed by atoms with Gasteiger partial charge in [0.05, 0.1) is 0 Å². The number of halogens is 2. The van der Waals surface area contributed by atoms with Gasteiger partial charge in [0, 0.05) is 29.7 Å². The van der Waals surface area contributed by atoms with E-state index in [1.54, 1.807) is 0 Å². The van der Waals surface area contributed by atoms with Crippen molar-refractivity contribution < 1.29 is 9.18 Å². The Morgan fingerprint density at radius 2 is 2.12 bits per heavy atom. The van der Waals surface area contributed by atoms with Crippen LogP contribution in [0.5, 0.6) is 0 Å². The van der Waals surface area contributed by atoms with Crippen LogP contribution >= 0.6 is 11.6 Å². The Morgan fingerprint density at radius 3 is 2.71 bits per heavy atom. The molecule has 0 aliphatic rings. The smallest absolute Gasteiger partial charge is 0.225 e. The monoisotopic (exact) mass is 258 g/mol. The van der Waals surface area contributed by atoms with Gasteiger partial charge in [-0.3, -0.25) is 4.79 Å². The second-order valence-electron chi connectivity index (χ2n) is 4.07. The number of anilines is 1. The molecule has 0 aliphatic carbocycles. The van der Waals surface area contributed by atoms with E-state index < -0.39 is 5.82 Å². The molecule has 0 atom stereocenters. The van der Waals surface area contributed by atoms with E-state index >= 15 is 0 Å². The number of carbonyl (C=O) groups excluding carboxylic acids is 1. The Hall–Kier alpha value is -1.13. The van der Waals surface area contributed by atoms with Crippen LogP contribution in [-0.4, -0.2) is 18.5 Å². The van der Waals surface area contributed by atoms with Crippen molar-refractivity contribution in [2.24, 2.45) is 0 Å². The lowest BCUT2D eigenvalue weighted by Gasteiger charge is -2.08. The van der Waals surface area contributed by atoms with Crippen LogP contribution in [0, 0.1) is 5.82 Å². The second-order valence-corrected chi connectivity index (χ2v) is 4.50. The number of nitrogens with one attached hydrogen (secondary N) is 2. The Kier molecular flexibility index (Phi) is 5.38. The SMILES string of the molecule is CC(C)NCCC(=O)Nc1cc(F)cc(Cl)c1. The molecule has 0 bridgehead atoms. The van der Waals surface area contributed by atoms with Gasteiger partial charge in [0.25, 0.3) is 0 Å². The van der Waals surface area contributed by atoms with Gasteiger partial charge in [-0.1, -0.05) is 25.4 Å². The number of benzene rings is 1. The number of amides is 1. The summed E-state index contributed by atoms with van der Waals surface area (Å²) in [5.74, 6) is -0.632. The third-order valence-corrected chi connectivity index (χ3v) is 2.27. The molecule has 5 heteroatoms. The maximum Gasteiger partial charge on any atom is 0.225 e. The molecule has 2 N–H and O–H groups in total. The molecule has 0 spiro atoms. The van der Waals surface area contributed by atoms with Crippen LogP contribution in [0.15, 0.2) is 18.2 Å². The largest absolute Gasteiger partial charge is 0.326 e. The van der Waals surface area contributed by atoms with Crippen LogP contribution in [0.25, 0.3) is 0 Å². The van der Waals surface area contributed by atoms with Crippen LogP contribution < -0.4 is 10.6 Å². The fraction of sp³-hybridized carbons (Fsp3) is 0.417. The second kappa shape index (κ2) is 6.57. The Balaban J connectivity index is 2.45. The highest BCUT2D eigenvalue weighted by Gasteiger charge is 2.05. The standard InChI is InChI=1S/C12H16ClFN2O/c1-8(2)15-4-3-12(17)16-11-6-9(13)5-10(14)7-11/h5-8,15H,3-4H2,1-2H3,(H,16,17). The lowest BCUT2D eigenvalue weighted by atomic mass is 10.3. The molecule has 94 valence electrons. The van der Waals surface area contributed by atoms with Gasteiger partial charge in [-0.15, -0.1) is 0 Å². The third kappa shape index (κ3) is 5.65. The minimum absolute atomic E-state index is 0.167. The van der Waals surface area contributed by atoms with Gasteiger partial charge < -0.3 is 10.6 Å². The van der Waals surface area contributed by atoms with Gasteiger partial charge in [0.2, 0.25) is 5.91 Å². The molecule has 17 heavy (non-hydrogen) atoms. The van der Waals surface area contributed by atoms with E-state index in [4.69, 9.17) is 11.6 Å². The highest BCUT2D eigenvalue weighted by Crippen LogP contribution is 2.18. The summed E-state index contributed by atoms with van der Waals surface area (Å²) in [5.41, 5.74) is 0.379. The first-order chi connectivity index (χ1) is 7.97. The first-order valence-corrected chi connectivity index (χ1v) is 5.84. The van der Waals surface area contributed by atoms with Gasteiger partial charge in [-0.05, 0) is 18.2 Å². The zero-order valence-electron chi connectivity index (χ0n) is 9.89. The molecule has 1 aromatic carbocycles. The molecule has 0 saturated carbocycles. The zero-order valence-corrected chi connectivity index (χ0v) is 10.6. The normalized spacial score (nSPS) is 10.6. The van der Waals surface area contributed by atoms with E-state index in [0.29, 0.717) is 24.7 Å². The number of carbonyl (C=O) groups is 1. The van der Waals surface area contributed by atoms with E-state index in [1.807, 2.05) is 13.8 Å². The van der Waals surface area contributed by atoms with Crippen LogP contribution in [0.3, 0.4) is 0 Å². The molecule has 0 fully saturated rings. The molecule has 1 amide bonds. The third-order valence-electron chi connectivity index (χ3n) is 2.05. The van der Waals surface area contributed by atoms with E-state index in [9.17, 15) is 9.18 Å². The molecule has 0 heterocycles. The fourth-order valence-corrected chi connectivity index (χ4v) is 1.55. The number of hydrogen-bond acceptors (Lipinski definition) is 2. The van der Waals surface area contributed by atoms with Crippen molar-refractivity contribution in [1.29, 1.82) is 0 Å². The first kappa shape index (κ1) is 13.9. The van der Waals surface area contributed by atoms with Crippen LogP contribution in [0.2, 0.25) is 5.02 Å². The van der Waals surface area contributed by atoms with E-state index in [-0.39, 0.29) is 10.9 Å². The predicted octanol–water partition coefficient (Wildman–Crippen LogP) is 2.81. The van der Waals surface area contributed by atoms with Crippen molar-refractivity contribution in [2.75, 3.05) is 11.9 Å². The van der Waals surface area contributed by atoms with Crippen LogP contribution in [-0.2, 0) is 4.79 Å². The lowest BCUT2D eigenvalue weighted by Crippen LogP contribution is -2.27. The van der Waals surface area contributed by atoms with Gasteiger partial charge in [0.15, 0.2) is 0 Å². The molecular weight excluding hydrogens is 243 g/mol. The van der Waals surface area contributed by atoms with Gasteiger partial charge >= 0.3 is 0 Å². The highest BCUT2D eigenvalue weighted by molar-refractivity contribution is 6.30. The van der Waals surface area contributed by atoms with Crippen molar-refractivity contribution in [3.63, 3.8) is 0 Å². The number of hydrogen-bond donors (Lipinski definition) is 2. The topological polar surface area (TPSA) is 41.1 Å². The van der Waals surface area contributed by atoms with Crippen LogP contribution in [0.4, 0.5) is 10.1 Å². The summed E-state index contributed by atoms with van der Waals surface area (Å²) in [4.78, 5) is 11.5. The summed E-state index contributed by atoms with van der Waals surface area (Å²) < 4.78 is 13.0. The molecule has 1 aromatic rings. The Labute approximate surface area is 105 Å². The Bertz CT molecular complexity index is 376. The summed E-state index contributed by atoms with van der Waals surface area (Å²) in [6.07, 6.45) is 0.340. The molecule has 0 saturated heterocycles. The lowest BCUT2D eigenvalue weighted by molar-refractivity contribution is -0.116. The van der Waals surface area contributed by atoms with E-state index in [0.717, 1.165) is 0 Å². The summed E-state index contributed by atoms with van der Waals surface area (Å²) in [7, 11) is 0. The van der Waals surface area contributed by atoms with Crippen molar-refractivity contribution in [2.45, 2.75) is 26.3 Å². The van der Waals surface area contributed by atoms with E-state index in [2.05, 4.69) is 10.6 Å². The average molecular weight is 259 g/mol. The van der Waals surface area contributed by atoms with Gasteiger partial charge in [-0.2, -0.15) is 0 Å². The van der Waals surface area contributed by atoms with Crippen molar-refractivity contribution in [1.82, 2.24) is 5.32 Å². The zero-order chi connectivity index (χ0) is 12.8. The summed E-state index contributed by atoms with van der Waals surface area (Å²) >= 11 is 5.68. The van der Waals surface area contributed by atoms with Crippen molar-refractivity contribution in [3.8, 4) is 0 Å². The molecular formula is C12H16ClFN2O. The summed E-state index contributed by atoms with van der Waals surface area (Å²) in [6.45, 7) is 4.60. The summed E-state index contributed by atoms with van der Waals surface area (Å²) in [6, 6.07) is 4.28. The van der Waals surface area contributed by atoms with Gasteiger partial charge in [-0.25, -0.2) is 4.39 Å². The predicted molar refractivity (Wildman–Crippen MR) is 67.8 cm³/mol. The number of rotatable bonds is 5. The Morgan fingerprint density at radius 1 is 1.41 bits per heavy atom. The molecule has 0 aromatic heterocycles. The highest BCUT2D eigenvalue weighted by atomic mass is 35.5. The average Bonchev–Trinajstić information content (AvgIpc) is 2.14. The minimum atomic E-state index is -0.465. The summed E-state index contributed by atoms with van der Waals surface area (Å²) in [5, 5.41) is 5.98. The maximum atomic E-state index is 13.0. The van der Waals surface area contributed by atoms with Crippen molar-refractivity contribution in [3.05, 3.63) is 29.0 Å². The quantitative estimate of drug-likeness (QED) is 0.853. The molecule has 3 nitrogen and oxygen atoms in total. The van der Waals surface area contributed by atoms with E-state index in [1.165, 1.54) is 18.2 Å². The molecule has 0 radical (unpaired) electrons. The fourth-order valence-electron chi connectivity index (χ4n) is 1.32. The van der Waals surface area contributed by atoms with Crippen molar-refractivity contribution >= 4 is 23.2 Å². The first-order valence-electron chi connectivity index (χ1n) is 5.46. The van der Waals surface area contributed by atoms with Gasteiger partial charge in [0.1, 0.15) is 5.82 Å².